The second kappa shape index (κ2) is 4.47. The number of carboxylic acids is 1. The highest BCUT2D eigenvalue weighted by Crippen LogP contribution is 2.46. The van der Waals surface area contributed by atoms with E-state index in [-0.39, 0.29) is 0 Å². The van der Waals surface area contributed by atoms with Gasteiger partial charge < -0.3 is 19.5 Å². The number of methoxy groups -OCH3 is 2. The lowest BCUT2D eigenvalue weighted by molar-refractivity contribution is -0.156. The molecule has 7 heteroatoms. The summed E-state index contributed by atoms with van der Waals surface area (Å²) in [5.41, 5.74) is 0. The Balaban J connectivity index is 2.33. The Morgan fingerprint density at radius 2 is 1.61 bits per heavy atom. The number of rotatable bonds is 2. The number of aliphatic carboxylic acids is 1. The largest absolute Gasteiger partial charge is 0.481 e. The van der Waals surface area contributed by atoms with Crippen LogP contribution in [0.25, 0.3) is 0 Å². The molecule has 2 bridgehead atoms. The summed E-state index contributed by atoms with van der Waals surface area (Å²) in [7, 11) is 2.46. The highest BCUT2D eigenvalue weighted by atomic mass is 16.5. The number of hydrogen-bond acceptors (Lipinski definition) is 5. The molecule has 2 saturated heterocycles. The first-order chi connectivity index (χ1) is 8.52. The quantitative estimate of drug-likeness (QED) is 0.705. The van der Waals surface area contributed by atoms with Crippen LogP contribution in [0.2, 0.25) is 0 Å². The van der Waals surface area contributed by atoms with Crippen LogP contribution in [0, 0.1) is 11.8 Å². The lowest BCUT2D eigenvalue weighted by atomic mass is 9.79. The number of nitrogens with zero attached hydrogens (tertiary/aromatic N) is 1. The van der Waals surface area contributed by atoms with Crippen molar-refractivity contribution in [3.05, 3.63) is 0 Å². The molecule has 0 saturated carbocycles. The van der Waals surface area contributed by atoms with Gasteiger partial charge in [-0.15, -0.1) is 0 Å². The zero-order chi connectivity index (χ0) is 13.4. The number of fused-ring (bicyclic) bond motifs is 2. The molecule has 0 aromatic carbocycles. The first-order valence-electron chi connectivity index (χ1n) is 5.69. The van der Waals surface area contributed by atoms with Crippen LogP contribution in [0.3, 0.4) is 0 Å². The highest BCUT2D eigenvalue weighted by molar-refractivity contribution is 5.86. The number of amides is 1. The Kier molecular flexibility index (Phi) is 3.14. The molecular formula is C11H15NO6. The van der Waals surface area contributed by atoms with Gasteiger partial charge in [-0.2, -0.15) is 0 Å². The van der Waals surface area contributed by atoms with E-state index in [1.807, 2.05) is 0 Å². The molecule has 1 N–H and O–H groups in total. The molecule has 2 fully saturated rings. The molecule has 1 amide bonds. The van der Waals surface area contributed by atoms with Crippen molar-refractivity contribution < 1.29 is 29.0 Å². The van der Waals surface area contributed by atoms with Gasteiger partial charge in [0.15, 0.2) is 0 Å². The summed E-state index contributed by atoms with van der Waals surface area (Å²) in [5, 5.41) is 9.24. The minimum absolute atomic E-state index is 0.434. The van der Waals surface area contributed by atoms with E-state index in [0.717, 1.165) is 0 Å². The average molecular weight is 257 g/mol. The fraction of sp³-hybridized carbons (Fsp3) is 0.727. The maximum atomic E-state index is 11.7. The van der Waals surface area contributed by atoms with E-state index < -0.39 is 42.0 Å². The molecule has 0 spiro atoms. The van der Waals surface area contributed by atoms with Crippen molar-refractivity contribution in [2.24, 2.45) is 11.8 Å². The number of carbonyl (C=O) groups excluding carboxylic acids is 2. The predicted molar refractivity (Wildman–Crippen MR) is 57.7 cm³/mol. The van der Waals surface area contributed by atoms with Crippen molar-refractivity contribution >= 4 is 18.0 Å². The van der Waals surface area contributed by atoms with Crippen LogP contribution in [-0.2, 0) is 19.1 Å². The van der Waals surface area contributed by atoms with Gasteiger partial charge in [0.2, 0.25) is 0 Å². The molecule has 2 heterocycles. The van der Waals surface area contributed by atoms with Crippen LogP contribution >= 0.6 is 0 Å². The van der Waals surface area contributed by atoms with Crippen molar-refractivity contribution in [1.82, 2.24) is 4.90 Å². The van der Waals surface area contributed by atoms with E-state index in [1.165, 1.54) is 19.1 Å². The van der Waals surface area contributed by atoms with Gasteiger partial charge in [0.05, 0.1) is 26.1 Å². The Morgan fingerprint density at radius 1 is 1.06 bits per heavy atom. The van der Waals surface area contributed by atoms with Gasteiger partial charge in [-0.25, -0.2) is 4.79 Å². The number of ether oxygens (including phenoxy) is 2. The molecule has 0 aliphatic carbocycles. The number of hydrogen-bond donors (Lipinski definition) is 1. The zero-order valence-corrected chi connectivity index (χ0v) is 10.2. The van der Waals surface area contributed by atoms with Gasteiger partial charge in [-0.05, 0) is 12.8 Å². The Morgan fingerprint density at radius 3 is 2.06 bits per heavy atom. The third-order valence-corrected chi connectivity index (χ3v) is 3.83. The predicted octanol–water partition coefficient (Wildman–Crippen LogP) is 0.0894. The summed E-state index contributed by atoms with van der Waals surface area (Å²) in [6, 6.07) is -0.917. The molecule has 18 heavy (non-hydrogen) atoms. The molecule has 0 radical (unpaired) electrons. The zero-order valence-electron chi connectivity index (χ0n) is 10.2. The lowest BCUT2D eigenvalue weighted by Crippen LogP contribution is -2.38. The van der Waals surface area contributed by atoms with Gasteiger partial charge >= 0.3 is 18.0 Å². The molecule has 4 atom stereocenters. The summed E-state index contributed by atoms with van der Waals surface area (Å²) in [6.45, 7) is 0. The van der Waals surface area contributed by atoms with Crippen LogP contribution in [0.4, 0.5) is 4.79 Å². The molecule has 2 rings (SSSR count). The normalized spacial score (nSPS) is 33.3. The molecule has 2 aliphatic rings. The van der Waals surface area contributed by atoms with Gasteiger partial charge in [-0.3, -0.25) is 9.59 Å². The monoisotopic (exact) mass is 257 g/mol. The Hall–Kier alpha value is -1.79. The summed E-state index contributed by atoms with van der Waals surface area (Å²) in [4.78, 5) is 36.0. The van der Waals surface area contributed by atoms with Crippen molar-refractivity contribution in [3.8, 4) is 0 Å². The van der Waals surface area contributed by atoms with E-state index >= 15 is 0 Å². The smallest absolute Gasteiger partial charge is 0.410 e. The molecule has 0 unspecified atom stereocenters. The van der Waals surface area contributed by atoms with E-state index in [9.17, 15) is 19.5 Å². The Labute approximate surface area is 104 Å². The van der Waals surface area contributed by atoms with E-state index in [4.69, 9.17) is 0 Å². The maximum Gasteiger partial charge on any atom is 0.410 e. The third-order valence-electron chi connectivity index (χ3n) is 3.83. The fourth-order valence-corrected chi connectivity index (χ4v) is 3.18. The van der Waals surface area contributed by atoms with E-state index in [1.54, 1.807) is 0 Å². The van der Waals surface area contributed by atoms with Crippen molar-refractivity contribution in [2.45, 2.75) is 24.9 Å². The summed E-state index contributed by atoms with van der Waals surface area (Å²) >= 11 is 0. The minimum Gasteiger partial charge on any atom is -0.481 e. The maximum absolute atomic E-state index is 11.7. The lowest BCUT2D eigenvalue weighted by Gasteiger charge is -2.22. The Bertz CT molecular complexity index is 395. The van der Waals surface area contributed by atoms with Crippen LogP contribution in [0.5, 0.6) is 0 Å². The summed E-state index contributed by atoms with van der Waals surface area (Å²) in [6.07, 6.45) is 0.591. The minimum atomic E-state index is -1.08. The number of carboxylic acid groups (broad SMARTS) is 1. The van der Waals surface area contributed by atoms with Crippen LogP contribution in [0.15, 0.2) is 0 Å². The third kappa shape index (κ3) is 1.61. The molecule has 2 aliphatic heterocycles. The topological polar surface area (TPSA) is 93.1 Å². The average Bonchev–Trinajstić information content (AvgIpc) is 2.91. The van der Waals surface area contributed by atoms with Crippen LogP contribution < -0.4 is 0 Å². The van der Waals surface area contributed by atoms with Crippen LogP contribution in [0.1, 0.15) is 12.8 Å². The second-order valence-electron chi connectivity index (χ2n) is 4.50. The van der Waals surface area contributed by atoms with Gasteiger partial charge in [0.25, 0.3) is 0 Å². The molecular weight excluding hydrogens is 242 g/mol. The summed E-state index contributed by atoms with van der Waals surface area (Å²) < 4.78 is 9.29. The molecule has 0 aromatic rings. The van der Waals surface area contributed by atoms with Gasteiger partial charge in [0.1, 0.15) is 0 Å². The highest BCUT2D eigenvalue weighted by Gasteiger charge is 2.61. The van der Waals surface area contributed by atoms with Crippen molar-refractivity contribution in [2.75, 3.05) is 14.2 Å². The van der Waals surface area contributed by atoms with E-state index in [0.29, 0.717) is 12.8 Å². The summed E-state index contributed by atoms with van der Waals surface area (Å²) in [5.74, 6) is -3.37. The molecule has 7 nitrogen and oxygen atoms in total. The number of carbonyl (C=O) groups is 3. The second-order valence-corrected chi connectivity index (χ2v) is 4.50. The van der Waals surface area contributed by atoms with Gasteiger partial charge in [-0.1, -0.05) is 0 Å². The first-order valence-corrected chi connectivity index (χ1v) is 5.69. The van der Waals surface area contributed by atoms with Crippen molar-refractivity contribution in [1.29, 1.82) is 0 Å². The number of esters is 1. The first kappa shape index (κ1) is 12.7. The fourth-order valence-electron chi connectivity index (χ4n) is 3.18. The molecule has 100 valence electrons. The van der Waals surface area contributed by atoms with E-state index in [2.05, 4.69) is 9.47 Å². The van der Waals surface area contributed by atoms with Gasteiger partial charge in [0, 0.05) is 12.1 Å². The SMILES string of the molecule is COC(=O)[C@H]1[C@@H](C(=O)O)[C@H]2CC[C@@H]1N2C(=O)OC. The standard InChI is InChI=1S/C11H15NO6/c1-17-10(15)8-6-4-3-5(7(8)9(13)14)12(6)11(16)18-2/h5-8H,3-4H2,1-2H3,(H,13,14)/t5-,6+,7+,8-/m1/s1. The molecule has 0 aromatic heterocycles. The van der Waals surface area contributed by atoms with Crippen molar-refractivity contribution in [3.63, 3.8) is 0 Å². The van der Waals surface area contributed by atoms with Crippen LogP contribution in [-0.4, -0.2) is 54.3 Å².